The number of likely N-dealkylation sites (tertiary alicyclic amines) is 2. The molecule has 3 aliphatic rings. The first-order chi connectivity index (χ1) is 9.75. The van der Waals surface area contributed by atoms with Crippen molar-refractivity contribution in [2.45, 2.75) is 31.7 Å². The lowest BCUT2D eigenvalue weighted by molar-refractivity contribution is -0.483. The van der Waals surface area contributed by atoms with Crippen LogP contribution < -0.4 is 0 Å². The minimum absolute atomic E-state index is 0.224. The fourth-order valence-corrected chi connectivity index (χ4v) is 4.17. The van der Waals surface area contributed by atoms with Gasteiger partial charge >= 0.3 is 11.0 Å². The molecule has 0 atom stereocenters. The highest BCUT2D eigenvalue weighted by atomic mass is 32.2. The SMILES string of the molecule is C[N+]1=C(C(=O)N2CCC(N3CCCC3)CC2)SC=CC1. The van der Waals surface area contributed by atoms with Crippen LogP contribution in [0.2, 0.25) is 0 Å². The molecule has 3 heterocycles. The summed E-state index contributed by atoms with van der Waals surface area (Å²) >= 11 is 1.56. The van der Waals surface area contributed by atoms with Crippen LogP contribution in [0.5, 0.6) is 0 Å². The van der Waals surface area contributed by atoms with E-state index in [0.717, 1.165) is 37.5 Å². The Morgan fingerprint density at radius 2 is 1.95 bits per heavy atom. The number of hydrogen-bond acceptors (Lipinski definition) is 3. The van der Waals surface area contributed by atoms with Gasteiger partial charge in [0.25, 0.3) is 0 Å². The first-order valence-corrected chi connectivity index (χ1v) is 8.57. The zero-order valence-electron chi connectivity index (χ0n) is 12.3. The average molecular weight is 294 g/mol. The molecular formula is C15H24N3OS+. The van der Waals surface area contributed by atoms with Crippen molar-refractivity contribution in [2.75, 3.05) is 39.8 Å². The van der Waals surface area contributed by atoms with Gasteiger partial charge in [-0.3, -0.25) is 4.79 Å². The summed E-state index contributed by atoms with van der Waals surface area (Å²) in [5.74, 6) is 0.224. The van der Waals surface area contributed by atoms with Crippen molar-refractivity contribution in [1.29, 1.82) is 0 Å². The standard InChI is InChI=1S/C15H24N3OS/c1-16-7-4-12-20-15(16)14(19)18-10-5-13(6-11-18)17-8-2-3-9-17/h4,12-13H,2-3,5-11H2,1H3/q+1. The summed E-state index contributed by atoms with van der Waals surface area (Å²) in [5.41, 5.74) is 0. The van der Waals surface area contributed by atoms with E-state index in [1.165, 1.54) is 25.9 Å². The van der Waals surface area contributed by atoms with Gasteiger partial charge in [-0.15, -0.1) is 0 Å². The number of piperidine rings is 1. The molecule has 2 fully saturated rings. The molecule has 0 bridgehead atoms. The van der Waals surface area contributed by atoms with Crippen molar-refractivity contribution in [2.24, 2.45) is 0 Å². The van der Waals surface area contributed by atoms with Crippen molar-refractivity contribution in [3.63, 3.8) is 0 Å². The van der Waals surface area contributed by atoms with Crippen LogP contribution in [0.25, 0.3) is 0 Å². The molecule has 0 N–H and O–H groups in total. The molecule has 0 aromatic rings. The highest BCUT2D eigenvalue weighted by Gasteiger charge is 2.33. The van der Waals surface area contributed by atoms with Gasteiger partial charge in [0.15, 0.2) is 6.54 Å². The molecule has 20 heavy (non-hydrogen) atoms. The Morgan fingerprint density at radius 3 is 2.60 bits per heavy atom. The highest BCUT2D eigenvalue weighted by Crippen LogP contribution is 2.22. The van der Waals surface area contributed by atoms with Crippen LogP contribution in [0.3, 0.4) is 0 Å². The average Bonchev–Trinajstić information content (AvgIpc) is 3.01. The molecule has 4 nitrogen and oxygen atoms in total. The van der Waals surface area contributed by atoms with E-state index < -0.39 is 0 Å². The fraction of sp³-hybridized carbons (Fsp3) is 0.733. The van der Waals surface area contributed by atoms with Gasteiger partial charge < -0.3 is 9.80 Å². The Labute approximate surface area is 125 Å². The number of rotatable bonds is 2. The molecule has 0 aliphatic carbocycles. The van der Waals surface area contributed by atoms with E-state index in [9.17, 15) is 4.79 Å². The van der Waals surface area contributed by atoms with Crippen LogP contribution in [0, 0.1) is 0 Å². The molecule has 0 radical (unpaired) electrons. The predicted molar refractivity (Wildman–Crippen MR) is 83.2 cm³/mol. The zero-order chi connectivity index (χ0) is 13.9. The summed E-state index contributed by atoms with van der Waals surface area (Å²) in [7, 11) is 2.00. The molecule has 1 amide bonds. The summed E-state index contributed by atoms with van der Waals surface area (Å²) in [5, 5.41) is 2.91. The molecule has 2 saturated heterocycles. The molecule has 0 spiro atoms. The molecule has 0 unspecified atom stereocenters. The Morgan fingerprint density at radius 1 is 1.25 bits per heavy atom. The smallest absolute Gasteiger partial charge is 0.325 e. The Kier molecular flexibility index (Phi) is 4.46. The van der Waals surface area contributed by atoms with Crippen LogP contribution in [0.1, 0.15) is 25.7 Å². The number of carbonyl (C=O) groups excluding carboxylic acids is 1. The number of amides is 1. The lowest BCUT2D eigenvalue weighted by Gasteiger charge is -2.36. The molecular weight excluding hydrogens is 270 g/mol. The Balaban J connectivity index is 1.56. The van der Waals surface area contributed by atoms with Gasteiger partial charge in [0.05, 0.1) is 0 Å². The van der Waals surface area contributed by atoms with E-state index in [4.69, 9.17) is 0 Å². The zero-order valence-corrected chi connectivity index (χ0v) is 13.1. The summed E-state index contributed by atoms with van der Waals surface area (Å²) in [6, 6.07) is 0.711. The lowest BCUT2D eigenvalue weighted by Crippen LogP contribution is -2.48. The third-order valence-electron chi connectivity index (χ3n) is 4.59. The summed E-state index contributed by atoms with van der Waals surface area (Å²) in [6.07, 6.45) is 7.09. The molecule has 3 aliphatic heterocycles. The minimum Gasteiger partial charge on any atom is -0.333 e. The van der Waals surface area contributed by atoms with Gasteiger partial charge in [-0.2, -0.15) is 0 Å². The third-order valence-corrected chi connectivity index (χ3v) is 5.63. The maximum atomic E-state index is 12.6. The quantitative estimate of drug-likeness (QED) is 0.720. The lowest BCUT2D eigenvalue weighted by atomic mass is 10.0. The minimum atomic E-state index is 0.224. The van der Waals surface area contributed by atoms with Crippen LogP contribution in [-0.2, 0) is 4.79 Å². The monoisotopic (exact) mass is 294 g/mol. The van der Waals surface area contributed by atoms with Crippen molar-refractivity contribution >= 4 is 22.7 Å². The van der Waals surface area contributed by atoms with Crippen LogP contribution in [-0.4, -0.2) is 71.1 Å². The summed E-state index contributed by atoms with van der Waals surface area (Å²) in [4.78, 5) is 17.2. The molecule has 0 aromatic heterocycles. The molecule has 3 rings (SSSR count). The van der Waals surface area contributed by atoms with E-state index in [-0.39, 0.29) is 5.91 Å². The predicted octanol–water partition coefficient (Wildman–Crippen LogP) is 1.37. The largest absolute Gasteiger partial charge is 0.333 e. The summed E-state index contributed by atoms with van der Waals surface area (Å²) < 4.78 is 2.06. The van der Waals surface area contributed by atoms with Gasteiger partial charge in [0, 0.05) is 19.1 Å². The molecule has 5 heteroatoms. The normalized spacial score (nSPS) is 25.6. The number of carbonyl (C=O) groups is 1. The first-order valence-electron chi connectivity index (χ1n) is 7.69. The van der Waals surface area contributed by atoms with Gasteiger partial charge in [-0.25, -0.2) is 4.58 Å². The molecule has 110 valence electrons. The van der Waals surface area contributed by atoms with Crippen LogP contribution >= 0.6 is 11.8 Å². The molecule has 0 saturated carbocycles. The Hall–Kier alpha value is -0.810. The topological polar surface area (TPSA) is 26.6 Å². The van der Waals surface area contributed by atoms with Gasteiger partial charge in [0.2, 0.25) is 0 Å². The van der Waals surface area contributed by atoms with Crippen molar-refractivity contribution in [1.82, 2.24) is 9.80 Å². The van der Waals surface area contributed by atoms with Gasteiger partial charge in [0.1, 0.15) is 7.05 Å². The Bertz CT molecular complexity index is 432. The van der Waals surface area contributed by atoms with E-state index in [2.05, 4.69) is 15.6 Å². The molecule has 0 aromatic carbocycles. The van der Waals surface area contributed by atoms with Crippen molar-refractivity contribution in [3.8, 4) is 0 Å². The van der Waals surface area contributed by atoms with Crippen LogP contribution in [0.15, 0.2) is 11.5 Å². The van der Waals surface area contributed by atoms with Crippen molar-refractivity contribution < 1.29 is 9.37 Å². The number of nitrogens with zero attached hydrogens (tertiary/aromatic N) is 3. The number of likely N-dealkylation sites (N-methyl/N-ethyl adjacent to an activating group) is 1. The van der Waals surface area contributed by atoms with Gasteiger partial charge in [-0.05, 0) is 62.0 Å². The first kappa shape index (κ1) is 14.1. The second kappa shape index (κ2) is 6.31. The second-order valence-electron chi connectivity index (χ2n) is 5.94. The third kappa shape index (κ3) is 2.93. The number of hydrogen-bond donors (Lipinski definition) is 0. The van der Waals surface area contributed by atoms with E-state index >= 15 is 0 Å². The number of thioether (sulfide) groups is 1. The maximum Gasteiger partial charge on any atom is 0.325 e. The van der Waals surface area contributed by atoms with Crippen LogP contribution in [0.4, 0.5) is 0 Å². The van der Waals surface area contributed by atoms with Crippen molar-refractivity contribution in [3.05, 3.63) is 11.5 Å². The van der Waals surface area contributed by atoms with Gasteiger partial charge in [-0.1, -0.05) is 0 Å². The van der Waals surface area contributed by atoms with E-state index in [1.54, 1.807) is 11.8 Å². The maximum absolute atomic E-state index is 12.6. The summed E-state index contributed by atoms with van der Waals surface area (Å²) in [6.45, 7) is 5.21. The highest BCUT2D eigenvalue weighted by molar-refractivity contribution is 8.17. The van der Waals surface area contributed by atoms with E-state index in [0.29, 0.717) is 6.04 Å². The van der Waals surface area contributed by atoms with E-state index in [1.807, 2.05) is 17.4 Å². The second-order valence-corrected chi connectivity index (χ2v) is 6.84. The fourth-order valence-electron chi connectivity index (χ4n) is 3.38.